The fourth-order valence-electron chi connectivity index (χ4n) is 5.64. The Bertz CT molecular complexity index is 1690. The number of nitrogens with zero attached hydrogens (tertiary/aromatic N) is 2. The molecule has 2 heteroatoms. The highest BCUT2D eigenvalue weighted by Gasteiger charge is 2.36. The van der Waals surface area contributed by atoms with Crippen LogP contribution in [0.2, 0.25) is 0 Å². The first-order valence-corrected chi connectivity index (χ1v) is 11.1. The molecule has 4 aromatic carbocycles. The average Bonchev–Trinajstić information content (AvgIpc) is 3.26. The van der Waals surface area contributed by atoms with E-state index in [1.807, 2.05) is 18.5 Å². The molecule has 0 fully saturated rings. The summed E-state index contributed by atoms with van der Waals surface area (Å²) in [4.78, 5) is 4.40. The van der Waals surface area contributed by atoms with Crippen LogP contribution < -0.4 is 0 Å². The predicted octanol–water partition coefficient (Wildman–Crippen LogP) is 7.64. The van der Waals surface area contributed by atoms with Crippen LogP contribution >= 0.6 is 0 Å². The van der Waals surface area contributed by atoms with Gasteiger partial charge >= 0.3 is 0 Å². The molecular formula is C30H22N2. The van der Waals surface area contributed by atoms with Crippen molar-refractivity contribution in [1.29, 1.82) is 0 Å². The highest BCUT2D eigenvalue weighted by Crippen LogP contribution is 2.52. The van der Waals surface area contributed by atoms with E-state index in [1.165, 1.54) is 54.8 Å². The van der Waals surface area contributed by atoms with Crippen molar-refractivity contribution < 1.29 is 0 Å². The van der Waals surface area contributed by atoms with Crippen LogP contribution in [0.5, 0.6) is 0 Å². The SMILES string of the molecule is CC1(C)c2cc3ccccc3cc2-c2cc3c(cc21)c1ccccc1n3-c1cccnc1. The smallest absolute Gasteiger partial charge is 0.0645 e. The molecule has 2 heterocycles. The third-order valence-corrected chi connectivity index (χ3v) is 7.24. The van der Waals surface area contributed by atoms with Crippen molar-refractivity contribution in [2.75, 3.05) is 0 Å². The molecule has 0 aliphatic heterocycles. The quantitative estimate of drug-likeness (QED) is 0.272. The molecule has 0 bridgehead atoms. The first-order valence-electron chi connectivity index (χ1n) is 11.1. The second-order valence-electron chi connectivity index (χ2n) is 9.35. The average molecular weight is 411 g/mol. The van der Waals surface area contributed by atoms with Crippen LogP contribution in [-0.4, -0.2) is 9.55 Å². The summed E-state index contributed by atoms with van der Waals surface area (Å²) < 4.78 is 2.35. The fourth-order valence-corrected chi connectivity index (χ4v) is 5.64. The van der Waals surface area contributed by atoms with E-state index in [9.17, 15) is 0 Å². The first kappa shape index (κ1) is 17.7. The summed E-state index contributed by atoms with van der Waals surface area (Å²) in [5.74, 6) is 0. The minimum atomic E-state index is -0.0413. The van der Waals surface area contributed by atoms with E-state index in [0.717, 1.165) is 5.69 Å². The van der Waals surface area contributed by atoms with E-state index in [2.05, 4.69) is 102 Å². The lowest BCUT2D eigenvalue weighted by molar-refractivity contribution is 0.662. The number of aromatic nitrogens is 2. The van der Waals surface area contributed by atoms with E-state index in [0.29, 0.717) is 0 Å². The number of benzene rings is 4. The van der Waals surface area contributed by atoms with E-state index in [1.54, 1.807) is 0 Å². The number of fused-ring (bicyclic) bond motifs is 7. The summed E-state index contributed by atoms with van der Waals surface area (Å²) in [6.45, 7) is 4.72. The van der Waals surface area contributed by atoms with Crippen LogP contribution in [0.1, 0.15) is 25.0 Å². The highest BCUT2D eigenvalue weighted by atomic mass is 15.0. The Labute approximate surface area is 186 Å². The standard InChI is InChI=1S/C30H22N2/c1-30(2)26-15-20-9-4-3-8-19(20)14-23(26)24-17-29-25(16-27(24)30)22-11-5-6-12-28(22)32(29)21-10-7-13-31-18-21/h3-18H,1-2H3. The van der Waals surface area contributed by atoms with Crippen molar-refractivity contribution in [2.24, 2.45) is 0 Å². The van der Waals surface area contributed by atoms with Crippen molar-refractivity contribution in [3.8, 4) is 16.8 Å². The Balaban J connectivity index is 1.63. The van der Waals surface area contributed by atoms with Gasteiger partial charge in [-0.1, -0.05) is 56.3 Å². The maximum Gasteiger partial charge on any atom is 0.0645 e. The van der Waals surface area contributed by atoms with Crippen LogP contribution in [0.4, 0.5) is 0 Å². The van der Waals surface area contributed by atoms with E-state index in [-0.39, 0.29) is 5.41 Å². The third kappa shape index (κ3) is 2.22. The lowest BCUT2D eigenvalue weighted by Crippen LogP contribution is -2.14. The summed E-state index contributed by atoms with van der Waals surface area (Å²) in [6.07, 6.45) is 3.78. The zero-order valence-corrected chi connectivity index (χ0v) is 18.1. The summed E-state index contributed by atoms with van der Waals surface area (Å²) in [6, 6.07) is 31.1. The molecule has 2 nitrogen and oxygen atoms in total. The Kier molecular flexibility index (Phi) is 3.37. The Morgan fingerprint density at radius 2 is 1.38 bits per heavy atom. The largest absolute Gasteiger partial charge is 0.308 e. The van der Waals surface area contributed by atoms with Crippen molar-refractivity contribution in [3.05, 3.63) is 108 Å². The fraction of sp³-hybridized carbons (Fsp3) is 0.100. The van der Waals surface area contributed by atoms with Crippen LogP contribution in [-0.2, 0) is 5.41 Å². The summed E-state index contributed by atoms with van der Waals surface area (Å²) >= 11 is 0. The normalized spacial score (nSPS) is 14.2. The minimum Gasteiger partial charge on any atom is -0.308 e. The molecule has 1 aliphatic rings. The molecule has 0 N–H and O–H groups in total. The van der Waals surface area contributed by atoms with Gasteiger partial charge in [-0.15, -0.1) is 0 Å². The number of pyridine rings is 1. The van der Waals surface area contributed by atoms with Crippen molar-refractivity contribution in [3.63, 3.8) is 0 Å². The van der Waals surface area contributed by atoms with Gasteiger partial charge in [0.05, 0.1) is 22.9 Å². The molecule has 7 rings (SSSR count). The van der Waals surface area contributed by atoms with Gasteiger partial charge in [0.1, 0.15) is 0 Å². The molecule has 0 amide bonds. The van der Waals surface area contributed by atoms with E-state index in [4.69, 9.17) is 0 Å². The third-order valence-electron chi connectivity index (χ3n) is 7.24. The molecule has 32 heavy (non-hydrogen) atoms. The molecule has 0 radical (unpaired) electrons. The van der Waals surface area contributed by atoms with Gasteiger partial charge in [0.15, 0.2) is 0 Å². The summed E-state index contributed by atoms with van der Waals surface area (Å²) in [7, 11) is 0. The molecule has 6 aromatic rings. The molecule has 0 spiro atoms. The van der Waals surface area contributed by atoms with Crippen molar-refractivity contribution in [2.45, 2.75) is 19.3 Å². The lowest BCUT2D eigenvalue weighted by atomic mass is 9.81. The number of hydrogen-bond donors (Lipinski definition) is 0. The maximum absolute atomic E-state index is 4.40. The predicted molar refractivity (Wildman–Crippen MR) is 134 cm³/mol. The highest BCUT2D eigenvalue weighted by molar-refractivity contribution is 6.11. The van der Waals surface area contributed by atoms with E-state index >= 15 is 0 Å². The topological polar surface area (TPSA) is 17.8 Å². The van der Waals surface area contributed by atoms with Gasteiger partial charge in [0, 0.05) is 22.4 Å². The van der Waals surface area contributed by atoms with Crippen LogP contribution in [0.3, 0.4) is 0 Å². The molecule has 0 unspecified atom stereocenters. The van der Waals surface area contributed by atoms with Gasteiger partial charge < -0.3 is 4.57 Å². The summed E-state index contributed by atoms with van der Waals surface area (Å²) in [5.41, 5.74) is 9.02. The van der Waals surface area contributed by atoms with Crippen LogP contribution in [0.15, 0.2) is 97.3 Å². The number of hydrogen-bond acceptors (Lipinski definition) is 1. The molecule has 152 valence electrons. The van der Waals surface area contributed by atoms with Gasteiger partial charge in [-0.25, -0.2) is 0 Å². The zero-order valence-electron chi connectivity index (χ0n) is 18.1. The minimum absolute atomic E-state index is 0.0413. The van der Waals surface area contributed by atoms with Gasteiger partial charge in [-0.2, -0.15) is 0 Å². The summed E-state index contributed by atoms with van der Waals surface area (Å²) in [5, 5.41) is 5.18. The molecule has 0 saturated carbocycles. The van der Waals surface area contributed by atoms with Gasteiger partial charge in [0.2, 0.25) is 0 Å². The van der Waals surface area contributed by atoms with Crippen LogP contribution in [0, 0.1) is 0 Å². The maximum atomic E-state index is 4.40. The van der Waals surface area contributed by atoms with Crippen molar-refractivity contribution >= 4 is 32.6 Å². The van der Waals surface area contributed by atoms with Crippen LogP contribution in [0.25, 0.3) is 49.4 Å². The van der Waals surface area contributed by atoms with Gasteiger partial charge in [0.25, 0.3) is 0 Å². The molecule has 1 aliphatic carbocycles. The molecule has 0 saturated heterocycles. The Morgan fingerprint density at radius 3 is 2.19 bits per heavy atom. The zero-order chi connectivity index (χ0) is 21.4. The van der Waals surface area contributed by atoms with Crippen molar-refractivity contribution in [1.82, 2.24) is 9.55 Å². The number of para-hydroxylation sites is 1. The second kappa shape index (κ2) is 6.08. The first-order chi connectivity index (χ1) is 15.6. The molecule has 0 atom stereocenters. The van der Waals surface area contributed by atoms with E-state index < -0.39 is 0 Å². The van der Waals surface area contributed by atoms with Gasteiger partial charge in [-0.3, -0.25) is 4.98 Å². The molecular weight excluding hydrogens is 388 g/mol. The number of rotatable bonds is 1. The Hall–Kier alpha value is -3.91. The lowest BCUT2D eigenvalue weighted by Gasteiger charge is -2.22. The molecule has 2 aromatic heterocycles. The van der Waals surface area contributed by atoms with Gasteiger partial charge in [-0.05, 0) is 75.5 Å². The Morgan fingerprint density at radius 1 is 0.656 bits per heavy atom. The second-order valence-corrected chi connectivity index (χ2v) is 9.35. The monoisotopic (exact) mass is 410 g/mol.